The zero-order valence-electron chi connectivity index (χ0n) is 15.1. The van der Waals surface area contributed by atoms with Crippen LogP contribution in [0.5, 0.6) is 5.75 Å². The van der Waals surface area contributed by atoms with Gasteiger partial charge in [-0.25, -0.2) is 8.42 Å². The molecule has 138 valence electrons. The quantitative estimate of drug-likeness (QED) is 0.873. The number of hydrogen-bond acceptors (Lipinski definition) is 4. The highest BCUT2D eigenvalue weighted by Crippen LogP contribution is 2.28. The summed E-state index contributed by atoms with van der Waals surface area (Å²) in [6, 6.07) is 10.5. The van der Waals surface area contributed by atoms with Gasteiger partial charge in [-0.2, -0.15) is 4.31 Å². The third-order valence-corrected chi connectivity index (χ3v) is 6.31. The maximum atomic E-state index is 13.0. The lowest BCUT2D eigenvalue weighted by molar-refractivity contribution is -0.116. The standard InChI is InChI=1S/C19H22N2O4S/c1-13-4-8-18(25-3)15(10-13)12-21(2)26(23,24)16-6-7-17-14(11-16)5-9-19(22)20-17/h4,6-8,10-11H,5,9,12H2,1-3H3,(H,20,22). The number of carbonyl (C=O) groups is 1. The molecule has 0 bridgehead atoms. The second kappa shape index (κ2) is 7.09. The number of methoxy groups -OCH3 is 1. The Morgan fingerprint density at radius 1 is 1.15 bits per heavy atom. The van der Waals surface area contributed by atoms with Gasteiger partial charge >= 0.3 is 0 Å². The summed E-state index contributed by atoms with van der Waals surface area (Å²) in [7, 11) is -0.533. The van der Waals surface area contributed by atoms with Crippen molar-refractivity contribution in [3.63, 3.8) is 0 Å². The first-order valence-electron chi connectivity index (χ1n) is 8.34. The van der Waals surface area contributed by atoms with Gasteiger partial charge in [-0.1, -0.05) is 17.7 Å². The Hall–Kier alpha value is -2.38. The number of anilines is 1. The van der Waals surface area contributed by atoms with Crippen molar-refractivity contribution in [1.82, 2.24) is 4.31 Å². The fourth-order valence-electron chi connectivity index (χ4n) is 3.06. The molecular weight excluding hydrogens is 352 g/mol. The van der Waals surface area contributed by atoms with Gasteiger partial charge in [-0.3, -0.25) is 4.79 Å². The molecule has 7 heteroatoms. The minimum Gasteiger partial charge on any atom is -0.496 e. The molecule has 2 aromatic carbocycles. The van der Waals surface area contributed by atoms with Crippen molar-refractivity contribution >= 4 is 21.6 Å². The third-order valence-electron chi connectivity index (χ3n) is 4.51. The Morgan fingerprint density at radius 3 is 2.65 bits per heavy atom. The Bertz CT molecular complexity index is 954. The first kappa shape index (κ1) is 18.4. The van der Waals surface area contributed by atoms with Crippen LogP contribution in [-0.4, -0.2) is 32.8 Å². The molecule has 26 heavy (non-hydrogen) atoms. The predicted octanol–water partition coefficient (Wildman–Crippen LogP) is 2.71. The Labute approximate surface area is 153 Å². The van der Waals surface area contributed by atoms with Crippen LogP contribution in [0.1, 0.15) is 23.1 Å². The summed E-state index contributed by atoms with van der Waals surface area (Å²) in [5.41, 5.74) is 3.37. The van der Waals surface area contributed by atoms with Gasteiger partial charge in [0.1, 0.15) is 5.75 Å². The van der Waals surface area contributed by atoms with Gasteiger partial charge in [0.15, 0.2) is 0 Å². The van der Waals surface area contributed by atoms with Gasteiger partial charge in [-0.05, 0) is 43.2 Å². The smallest absolute Gasteiger partial charge is 0.243 e. The van der Waals surface area contributed by atoms with Crippen LogP contribution in [0.4, 0.5) is 5.69 Å². The van der Waals surface area contributed by atoms with Crippen molar-refractivity contribution in [2.45, 2.75) is 31.2 Å². The first-order chi connectivity index (χ1) is 12.3. The van der Waals surface area contributed by atoms with Crippen LogP contribution >= 0.6 is 0 Å². The number of nitrogens with zero attached hydrogens (tertiary/aromatic N) is 1. The zero-order chi connectivity index (χ0) is 18.9. The summed E-state index contributed by atoms with van der Waals surface area (Å²) in [4.78, 5) is 11.7. The minimum absolute atomic E-state index is 0.0447. The maximum absolute atomic E-state index is 13.0. The summed E-state index contributed by atoms with van der Waals surface area (Å²) in [5, 5.41) is 2.77. The SMILES string of the molecule is COc1ccc(C)cc1CN(C)S(=O)(=O)c1ccc2c(c1)CCC(=O)N2. The molecule has 0 aliphatic carbocycles. The second-order valence-corrected chi connectivity index (χ2v) is 8.49. The van der Waals surface area contributed by atoms with Gasteiger partial charge in [-0.15, -0.1) is 0 Å². The number of ether oxygens (including phenoxy) is 1. The van der Waals surface area contributed by atoms with Crippen LogP contribution in [0.25, 0.3) is 0 Å². The van der Waals surface area contributed by atoms with E-state index in [4.69, 9.17) is 4.74 Å². The molecule has 0 aromatic heterocycles. The van der Waals surface area contributed by atoms with Crippen LogP contribution in [0.2, 0.25) is 0 Å². The molecule has 1 heterocycles. The topological polar surface area (TPSA) is 75.7 Å². The van der Waals surface area contributed by atoms with Crippen molar-refractivity contribution in [2.75, 3.05) is 19.5 Å². The lowest BCUT2D eigenvalue weighted by Gasteiger charge is -2.21. The van der Waals surface area contributed by atoms with Crippen LogP contribution in [0.15, 0.2) is 41.3 Å². The Kier molecular flexibility index (Phi) is 5.02. The van der Waals surface area contributed by atoms with E-state index in [0.29, 0.717) is 24.3 Å². The molecule has 0 radical (unpaired) electrons. The van der Waals surface area contributed by atoms with Gasteiger partial charge in [0.2, 0.25) is 15.9 Å². The molecule has 0 atom stereocenters. The molecular formula is C19H22N2O4S. The highest BCUT2D eigenvalue weighted by Gasteiger charge is 2.24. The van der Waals surface area contributed by atoms with Crippen LogP contribution < -0.4 is 10.1 Å². The molecule has 1 aliphatic rings. The largest absolute Gasteiger partial charge is 0.496 e. The van der Waals surface area contributed by atoms with E-state index in [1.54, 1.807) is 26.3 Å². The van der Waals surface area contributed by atoms with E-state index in [1.807, 2.05) is 25.1 Å². The fourth-order valence-corrected chi connectivity index (χ4v) is 4.26. The van der Waals surface area contributed by atoms with Crippen molar-refractivity contribution in [2.24, 2.45) is 0 Å². The predicted molar refractivity (Wildman–Crippen MR) is 99.8 cm³/mol. The number of rotatable bonds is 5. The average molecular weight is 374 g/mol. The highest BCUT2D eigenvalue weighted by molar-refractivity contribution is 7.89. The second-order valence-electron chi connectivity index (χ2n) is 6.44. The van der Waals surface area contributed by atoms with Crippen molar-refractivity contribution in [3.05, 3.63) is 53.1 Å². The molecule has 3 rings (SSSR count). The molecule has 6 nitrogen and oxygen atoms in total. The van der Waals surface area contributed by atoms with Crippen LogP contribution in [-0.2, 0) is 27.8 Å². The summed E-state index contributed by atoms with van der Waals surface area (Å²) < 4.78 is 32.6. The fraction of sp³-hybridized carbons (Fsp3) is 0.316. The number of nitrogens with one attached hydrogen (secondary N) is 1. The Morgan fingerprint density at radius 2 is 1.92 bits per heavy atom. The van der Waals surface area contributed by atoms with Crippen molar-refractivity contribution in [1.29, 1.82) is 0 Å². The number of aryl methyl sites for hydroxylation is 2. The normalized spacial score (nSPS) is 14.1. The highest BCUT2D eigenvalue weighted by atomic mass is 32.2. The van der Waals surface area contributed by atoms with Crippen LogP contribution in [0, 0.1) is 6.92 Å². The first-order valence-corrected chi connectivity index (χ1v) is 9.78. The third kappa shape index (κ3) is 3.59. The minimum atomic E-state index is -3.66. The van der Waals surface area contributed by atoms with Gasteiger partial charge in [0, 0.05) is 31.3 Å². The molecule has 0 saturated heterocycles. The van der Waals surface area contributed by atoms with E-state index in [-0.39, 0.29) is 17.3 Å². The summed E-state index contributed by atoms with van der Waals surface area (Å²) in [6.07, 6.45) is 0.909. The van der Waals surface area contributed by atoms with E-state index in [0.717, 1.165) is 16.7 Å². The van der Waals surface area contributed by atoms with Gasteiger partial charge < -0.3 is 10.1 Å². The zero-order valence-corrected chi connectivity index (χ0v) is 15.9. The van der Waals surface area contributed by atoms with E-state index >= 15 is 0 Å². The molecule has 1 aliphatic heterocycles. The van der Waals surface area contributed by atoms with E-state index in [9.17, 15) is 13.2 Å². The monoisotopic (exact) mass is 374 g/mol. The molecule has 1 N–H and O–H groups in total. The maximum Gasteiger partial charge on any atom is 0.243 e. The lowest BCUT2D eigenvalue weighted by Crippen LogP contribution is -2.27. The van der Waals surface area contributed by atoms with Crippen molar-refractivity contribution in [3.8, 4) is 5.75 Å². The Balaban J connectivity index is 1.88. The molecule has 0 unspecified atom stereocenters. The van der Waals surface area contributed by atoms with Gasteiger partial charge in [0.05, 0.1) is 12.0 Å². The van der Waals surface area contributed by atoms with E-state index in [2.05, 4.69) is 5.32 Å². The number of amides is 1. The molecule has 1 amide bonds. The molecule has 0 saturated carbocycles. The summed E-state index contributed by atoms with van der Waals surface area (Å²) in [5.74, 6) is 0.613. The summed E-state index contributed by atoms with van der Waals surface area (Å²) in [6.45, 7) is 2.16. The number of carbonyl (C=O) groups excluding carboxylic acids is 1. The van der Waals surface area contributed by atoms with Crippen molar-refractivity contribution < 1.29 is 17.9 Å². The van der Waals surface area contributed by atoms with Gasteiger partial charge in [0.25, 0.3) is 0 Å². The number of benzene rings is 2. The molecule has 0 fully saturated rings. The van der Waals surface area contributed by atoms with E-state index in [1.165, 1.54) is 10.4 Å². The van der Waals surface area contributed by atoms with E-state index < -0.39 is 10.0 Å². The number of hydrogen-bond donors (Lipinski definition) is 1. The molecule has 0 spiro atoms. The average Bonchev–Trinajstić information content (AvgIpc) is 2.61. The number of sulfonamides is 1. The summed E-state index contributed by atoms with van der Waals surface area (Å²) >= 11 is 0. The number of fused-ring (bicyclic) bond motifs is 1. The lowest BCUT2D eigenvalue weighted by atomic mass is 10.0. The molecule has 2 aromatic rings. The van der Waals surface area contributed by atoms with Crippen LogP contribution in [0.3, 0.4) is 0 Å².